The number of nitrogens with one attached hydrogen (secondary N) is 2. The summed E-state index contributed by atoms with van der Waals surface area (Å²) in [6.45, 7) is 4.02. The average Bonchev–Trinajstić information content (AvgIpc) is 3.10. The number of halogens is 2. The topological polar surface area (TPSA) is 44.0 Å². The van der Waals surface area contributed by atoms with E-state index in [1.807, 2.05) is 43.3 Å². The normalized spacial score (nSPS) is 15.7. The lowest BCUT2D eigenvalue weighted by atomic mass is 9.94. The van der Waals surface area contributed by atoms with Gasteiger partial charge in [0.2, 0.25) is 0 Å². The van der Waals surface area contributed by atoms with Gasteiger partial charge in [0, 0.05) is 33.6 Å². The Morgan fingerprint density at radius 3 is 2.61 bits per heavy atom. The van der Waals surface area contributed by atoms with E-state index in [4.69, 9.17) is 11.6 Å². The van der Waals surface area contributed by atoms with Crippen molar-refractivity contribution < 1.29 is 4.39 Å². The van der Waals surface area contributed by atoms with Crippen LogP contribution in [0.2, 0.25) is 5.02 Å². The average molecular weight is 399 g/mol. The number of nitrogens with zero attached hydrogens (tertiary/aromatic N) is 2. The molecule has 0 atom stereocenters. The molecule has 0 saturated carbocycles. The molecule has 2 aromatic carbocycles. The molecule has 1 fully saturated rings. The van der Waals surface area contributed by atoms with Gasteiger partial charge >= 0.3 is 0 Å². The Morgan fingerprint density at radius 2 is 1.93 bits per heavy atom. The third-order valence-corrected chi connectivity index (χ3v) is 5.54. The Balaban J connectivity index is 1.83. The molecule has 0 bridgehead atoms. The first-order chi connectivity index (χ1) is 13.5. The zero-order chi connectivity index (χ0) is 19.7. The van der Waals surface area contributed by atoms with Crippen LogP contribution in [0.25, 0.3) is 22.4 Å². The van der Waals surface area contributed by atoms with Crippen molar-refractivity contribution in [2.24, 2.45) is 0 Å². The lowest BCUT2D eigenvalue weighted by Gasteiger charge is -2.31. The number of rotatable bonds is 4. The minimum Gasteiger partial charge on any atom is -0.382 e. The minimum atomic E-state index is -0.296. The van der Waals surface area contributed by atoms with E-state index in [2.05, 4.69) is 27.5 Å². The number of H-pyrrole nitrogens is 1. The fourth-order valence-corrected chi connectivity index (χ4v) is 4.00. The second kappa shape index (κ2) is 7.94. The fourth-order valence-electron chi connectivity index (χ4n) is 3.81. The molecule has 1 aliphatic rings. The molecule has 4 rings (SSSR count). The maximum atomic E-state index is 15.0. The van der Waals surface area contributed by atoms with E-state index < -0.39 is 0 Å². The summed E-state index contributed by atoms with van der Waals surface area (Å²) in [5, 5.41) is 11.5. The van der Waals surface area contributed by atoms with E-state index in [9.17, 15) is 0 Å². The predicted molar refractivity (Wildman–Crippen MR) is 113 cm³/mol. The molecular weight excluding hydrogens is 375 g/mol. The lowest BCUT2D eigenvalue weighted by Crippen LogP contribution is -2.36. The number of aromatic nitrogens is 2. The van der Waals surface area contributed by atoms with Gasteiger partial charge in [-0.25, -0.2) is 4.39 Å². The smallest absolute Gasteiger partial charge is 0.133 e. The number of benzene rings is 2. The number of piperidine rings is 1. The first-order valence-corrected chi connectivity index (χ1v) is 9.95. The second-order valence-electron chi connectivity index (χ2n) is 7.51. The summed E-state index contributed by atoms with van der Waals surface area (Å²) in [6.07, 6.45) is 2.11. The van der Waals surface area contributed by atoms with Gasteiger partial charge in [-0.15, -0.1) is 0 Å². The monoisotopic (exact) mass is 398 g/mol. The number of hydrogen-bond acceptors (Lipinski definition) is 3. The molecule has 6 heteroatoms. The Kier molecular flexibility index (Phi) is 5.38. The molecule has 146 valence electrons. The lowest BCUT2D eigenvalue weighted by molar-refractivity contribution is 0.264. The minimum absolute atomic E-state index is 0.296. The molecule has 2 heterocycles. The highest BCUT2D eigenvalue weighted by atomic mass is 35.5. The van der Waals surface area contributed by atoms with Crippen LogP contribution in [0.1, 0.15) is 18.5 Å². The number of aryl methyl sites for hydroxylation is 1. The maximum Gasteiger partial charge on any atom is 0.133 e. The van der Waals surface area contributed by atoms with E-state index in [1.165, 1.54) is 6.07 Å². The van der Waals surface area contributed by atoms with Crippen LogP contribution >= 0.6 is 11.6 Å². The summed E-state index contributed by atoms with van der Waals surface area (Å²) in [5.74, 6) is -0.296. The summed E-state index contributed by atoms with van der Waals surface area (Å²) < 4.78 is 15.0. The molecule has 0 radical (unpaired) electrons. The third kappa shape index (κ3) is 3.91. The van der Waals surface area contributed by atoms with Crippen molar-refractivity contribution >= 4 is 17.3 Å². The van der Waals surface area contributed by atoms with Crippen LogP contribution in [0.15, 0.2) is 42.5 Å². The van der Waals surface area contributed by atoms with Crippen LogP contribution < -0.4 is 5.32 Å². The number of hydrogen-bond donors (Lipinski definition) is 2. The zero-order valence-electron chi connectivity index (χ0n) is 16.1. The van der Waals surface area contributed by atoms with E-state index in [-0.39, 0.29) is 5.82 Å². The van der Waals surface area contributed by atoms with Crippen molar-refractivity contribution in [3.8, 4) is 22.4 Å². The molecule has 1 aliphatic heterocycles. The van der Waals surface area contributed by atoms with Crippen molar-refractivity contribution in [1.29, 1.82) is 0 Å². The molecule has 0 spiro atoms. The van der Waals surface area contributed by atoms with Gasteiger partial charge in [0.25, 0.3) is 0 Å². The van der Waals surface area contributed by atoms with Crippen molar-refractivity contribution in [1.82, 2.24) is 15.1 Å². The van der Waals surface area contributed by atoms with Gasteiger partial charge in [-0.1, -0.05) is 23.7 Å². The SMILES string of the molecule is Cc1cc(-c2c(F)ccc(NC3CCN(C)CC3)c2-c2cccc(Cl)c2)n[nH]1. The van der Waals surface area contributed by atoms with Gasteiger partial charge in [-0.2, -0.15) is 5.10 Å². The summed E-state index contributed by atoms with van der Waals surface area (Å²) in [5.41, 5.74) is 4.56. The van der Waals surface area contributed by atoms with Crippen molar-refractivity contribution in [3.63, 3.8) is 0 Å². The molecule has 2 N–H and O–H groups in total. The molecule has 4 nitrogen and oxygen atoms in total. The summed E-state index contributed by atoms with van der Waals surface area (Å²) in [7, 11) is 2.14. The largest absolute Gasteiger partial charge is 0.382 e. The van der Waals surface area contributed by atoms with Gasteiger partial charge in [0.05, 0.1) is 5.69 Å². The van der Waals surface area contributed by atoms with Gasteiger partial charge in [-0.3, -0.25) is 5.10 Å². The number of anilines is 1. The van der Waals surface area contributed by atoms with Gasteiger partial charge < -0.3 is 10.2 Å². The Morgan fingerprint density at radius 1 is 1.14 bits per heavy atom. The van der Waals surface area contributed by atoms with Crippen molar-refractivity contribution in [2.75, 3.05) is 25.5 Å². The maximum absolute atomic E-state index is 15.0. The highest BCUT2D eigenvalue weighted by Crippen LogP contribution is 2.40. The van der Waals surface area contributed by atoms with E-state index in [0.29, 0.717) is 22.3 Å². The van der Waals surface area contributed by atoms with Crippen LogP contribution in [-0.4, -0.2) is 41.3 Å². The van der Waals surface area contributed by atoms with Gasteiger partial charge in [0.1, 0.15) is 5.82 Å². The molecule has 3 aromatic rings. The Labute approximate surface area is 169 Å². The highest BCUT2D eigenvalue weighted by molar-refractivity contribution is 6.30. The van der Waals surface area contributed by atoms with Gasteiger partial charge in [0.15, 0.2) is 0 Å². The fraction of sp³-hybridized carbons (Fsp3) is 0.318. The number of aromatic amines is 1. The third-order valence-electron chi connectivity index (χ3n) is 5.31. The predicted octanol–water partition coefficient (Wildman–Crippen LogP) is 5.35. The van der Waals surface area contributed by atoms with Crippen LogP contribution in [0.5, 0.6) is 0 Å². The van der Waals surface area contributed by atoms with E-state index in [1.54, 1.807) is 0 Å². The summed E-state index contributed by atoms with van der Waals surface area (Å²) in [6, 6.07) is 13.1. The highest BCUT2D eigenvalue weighted by Gasteiger charge is 2.22. The Hall–Kier alpha value is -2.37. The van der Waals surface area contributed by atoms with E-state index in [0.717, 1.165) is 48.4 Å². The molecule has 1 saturated heterocycles. The van der Waals surface area contributed by atoms with Crippen LogP contribution in [-0.2, 0) is 0 Å². The van der Waals surface area contributed by atoms with Crippen molar-refractivity contribution in [3.05, 3.63) is 59.0 Å². The van der Waals surface area contributed by atoms with Crippen LogP contribution in [0, 0.1) is 12.7 Å². The first-order valence-electron chi connectivity index (χ1n) is 9.57. The first kappa shape index (κ1) is 19.0. The molecule has 1 aromatic heterocycles. The van der Waals surface area contributed by atoms with Crippen molar-refractivity contribution in [2.45, 2.75) is 25.8 Å². The Bertz CT molecular complexity index is 976. The zero-order valence-corrected chi connectivity index (χ0v) is 16.9. The quantitative estimate of drug-likeness (QED) is 0.622. The second-order valence-corrected chi connectivity index (χ2v) is 7.95. The van der Waals surface area contributed by atoms with Gasteiger partial charge in [-0.05, 0) is 75.8 Å². The standard InChI is InChI=1S/C22H24ClFN4/c1-14-12-20(27-26-14)22-18(24)6-7-19(25-17-8-10-28(2)11-9-17)21(22)15-4-3-5-16(23)13-15/h3-7,12-13,17,25H,8-11H2,1-2H3,(H,26,27). The molecule has 0 aliphatic carbocycles. The molecule has 0 unspecified atom stereocenters. The molecule has 0 amide bonds. The van der Waals surface area contributed by atoms with E-state index >= 15 is 4.39 Å². The summed E-state index contributed by atoms with van der Waals surface area (Å²) in [4.78, 5) is 2.33. The van der Waals surface area contributed by atoms with Crippen LogP contribution in [0.4, 0.5) is 10.1 Å². The number of likely N-dealkylation sites (tertiary alicyclic amines) is 1. The molecular formula is C22H24ClFN4. The summed E-state index contributed by atoms with van der Waals surface area (Å²) >= 11 is 6.26. The molecule has 28 heavy (non-hydrogen) atoms. The van der Waals surface area contributed by atoms with Crippen LogP contribution in [0.3, 0.4) is 0 Å².